The number of nitrogens with zero attached hydrogens (tertiary/aromatic N) is 1. The topological polar surface area (TPSA) is 46.6 Å². The Hall–Kier alpha value is -1.06. The van der Waals surface area contributed by atoms with Gasteiger partial charge >= 0.3 is 5.97 Å². The molecular weight excluding hydrogens is 230 g/mol. The number of esters is 1. The Morgan fingerprint density at radius 3 is 2.28 bits per heavy atom. The van der Waals surface area contributed by atoms with Crippen LogP contribution in [-0.4, -0.2) is 36.5 Å². The molecule has 1 saturated heterocycles. The van der Waals surface area contributed by atoms with Crippen LogP contribution >= 0.6 is 0 Å². The van der Waals surface area contributed by atoms with E-state index in [-0.39, 0.29) is 23.8 Å². The number of carbonyl (C=O) groups excluding carboxylic acids is 2. The van der Waals surface area contributed by atoms with Gasteiger partial charge in [0.15, 0.2) is 0 Å². The largest absolute Gasteiger partial charge is 0.467 e. The summed E-state index contributed by atoms with van der Waals surface area (Å²) in [6, 6.07) is -0.328. The van der Waals surface area contributed by atoms with E-state index in [2.05, 4.69) is 0 Å². The lowest BCUT2D eigenvalue weighted by atomic mass is 9.98. The highest BCUT2D eigenvalue weighted by molar-refractivity contribution is 5.86. The summed E-state index contributed by atoms with van der Waals surface area (Å²) in [5.74, 6) is 0.0667. The second-order valence-corrected chi connectivity index (χ2v) is 5.40. The third-order valence-electron chi connectivity index (χ3n) is 4.21. The minimum atomic E-state index is -0.328. The Morgan fingerprint density at radius 1 is 1.00 bits per heavy atom. The maximum absolute atomic E-state index is 12.5. The van der Waals surface area contributed by atoms with Crippen molar-refractivity contribution in [1.29, 1.82) is 0 Å². The summed E-state index contributed by atoms with van der Waals surface area (Å²) in [4.78, 5) is 25.9. The molecule has 1 saturated carbocycles. The standard InChI is InChI=1S/C14H23NO3/c1-18-14(17)12-9-6-10-15(12)13(16)11-7-4-2-3-5-8-11/h11-12H,2-10H2,1H3. The Morgan fingerprint density at radius 2 is 1.67 bits per heavy atom. The van der Waals surface area contributed by atoms with E-state index in [0.29, 0.717) is 0 Å². The van der Waals surface area contributed by atoms with Gasteiger partial charge in [0, 0.05) is 12.5 Å². The normalized spacial score (nSPS) is 25.8. The van der Waals surface area contributed by atoms with Crippen molar-refractivity contribution in [3.05, 3.63) is 0 Å². The molecule has 0 N–H and O–H groups in total. The molecule has 102 valence electrons. The fourth-order valence-corrected chi connectivity index (χ4v) is 3.17. The Bertz CT molecular complexity index is 308. The fraction of sp³-hybridized carbons (Fsp3) is 0.857. The van der Waals surface area contributed by atoms with Gasteiger partial charge in [0.1, 0.15) is 6.04 Å². The molecule has 1 unspecified atom stereocenters. The number of ether oxygens (including phenoxy) is 1. The summed E-state index contributed by atoms with van der Waals surface area (Å²) in [7, 11) is 1.40. The molecule has 0 aromatic carbocycles. The molecule has 4 heteroatoms. The maximum atomic E-state index is 12.5. The van der Waals surface area contributed by atoms with Crippen LogP contribution in [-0.2, 0) is 14.3 Å². The molecular formula is C14H23NO3. The van der Waals surface area contributed by atoms with Crippen molar-refractivity contribution in [3.8, 4) is 0 Å². The molecule has 2 rings (SSSR count). The molecule has 1 amide bonds. The van der Waals surface area contributed by atoms with Gasteiger partial charge in [-0.05, 0) is 25.7 Å². The fourth-order valence-electron chi connectivity index (χ4n) is 3.17. The maximum Gasteiger partial charge on any atom is 0.328 e. The highest BCUT2D eigenvalue weighted by Crippen LogP contribution is 2.28. The number of hydrogen-bond donors (Lipinski definition) is 0. The predicted molar refractivity (Wildman–Crippen MR) is 67.9 cm³/mol. The van der Waals surface area contributed by atoms with E-state index < -0.39 is 0 Å². The average molecular weight is 253 g/mol. The Labute approximate surface area is 109 Å². The second kappa shape index (κ2) is 6.21. The zero-order valence-electron chi connectivity index (χ0n) is 11.2. The zero-order valence-corrected chi connectivity index (χ0v) is 11.2. The van der Waals surface area contributed by atoms with Crippen molar-refractivity contribution < 1.29 is 14.3 Å². The highest BCUT2D eigenvalue weighted by atomic mass is 16.5. The first-order valence-corrected chi connectivity index (χ1v) is 7.12. The minimum absolute atomic E-state index is 0.137. The van der Waals surface area contributed by atoms with Crippen LogP contribution in [0.2, 0.25) is 0 Å². The quantitative estimate of drug-likeness (QED) is 0.559. The lowest BCUT2D eigenvalue weighted by molar-refractivity contribution is -0.152. The monoisotopic (exact) mass is 253 g/mol. The molecule has 0 aromatic rings. The molecule has 1 heterocycles. The first-order chi connectivity index (χ1) is 8.74. The van der Waals surface area contributed by atoms with E-state index in [1.54, 1.807) is 4.90 Å². The first kappa shape index (κ1) is 13.4. The molecule has 0 aromatic heterocycles. The van der Waals surface area contributed by atoms with Crippen molar-refractivity contribution >= 4 is 11.9 Å². The number of rotatable bonds is 2. The summed E-state index contributed by atoms with van der Waals surface area (Å²) in [5.41, 5.74) is 0. The molecule has 2 aliphatic rings. The Balaban J connectivity index is 2.00. The van der Waals surface area contributed by atoms with Gasteiger partial charge in [-0.15, -0.1) is 0 Å². The van der Waals surface area contributed by atoms with Gasteiger partial charge in [0.05, 0.1) is 7.11 Å². The number of methoxy groups -OCH3 is 1. The van der Waals surface area contributed by atoms with E-state index in [4.69, 9.17) is 4.74 Å². The number of amides is 1. The van der Waals surface area contributed by atoms with Crippen LogP contribution < -0.4 is 0 Å². The number of hydrogen-bond acceptors (Lipinski definition) is 3. The molecule has 1 aliphatic carbocycles. The third kappa shape index (κ3) is 2.85. The summed E-state index contributed by atoms with van der Waals surface area (Å²) >= 11 is 0. The SMILES string of the molecule is COC(=O)C1CCCN1C(=O)C1CCCCCC1. The van der Waals surface area contributed by atoms with E-state index in [0.717, 1.165) is 45.1 Å². The van der Waals surface area contributed by atoms with Crippen LogP contribution in [0.3, 0.4) is 0 Å². The van der Waals surface area contributed by atoms with E-state index in [9.17, 15) is 9.59 Å². The van der Waals surface area contributed by atoms with Crippen LogP contribution in [0.4, 0.5) is 0 Å². The van der Waals surface area contributed by atoms with Crippen LogP contribution in [0.1, 0.15) is 51.4 Å². The van der Waals surface area contributed by atoms with Crippen LogP contribution in [0.5, 0.6) is 0 Å². The molecule has 0 radical (unpaired) electrons. The average Bonchev–Trinajstić information content (AvgIpc) is 2.72. The van der Waals surface area contributed by atoms with Crippen LogP contribution in [0.15, 0.2) is 0 Å². The predicted octanol–water partition coefficient (Wildman–Crippen LogP) is 2.12. The lowest BCUT2D eigenvalue weighted by Gasteiger charge is -2.26. The molecule has 1 atom stereocenters. The zero-order chi connectivity index (χ0) is 13.0. The second-order valence-electron chi connectivity index (χ2n) is 5.40. The van der Waals surface area contributed by atoms with Crippen molar-refractivity contribution in [2.45, 2.75) is 57.4 Å². The van der Waals surface area contributed by atoms with Crippen LogP contribution in [0, 0.1) is 5.92 Å². The smallest absolute Gasteiger partial charge is 0.328 e. The van der Waals surface area contributed by atoms with Gasteiger partial charge in [-0.3, -0.25) is 4.79 Å². The summed E-state index contributed by atoms with van der Waals surface area (Å²) in [6.07, 6.45) is 8.42. The molecule has 0 bridgehead atoms. The third-order valence-corrected chi connectivity index (χ3v) is 4.21. The van der Waals surface area contributed by atoms with Crippen molar-refractivity contribution in [1.82, 2.24) is 4.90 Å². The van der Waals surface area contributed by atoms with Gasteiger partial charge in [-0.25, -0.2) is 4.79 Å². The molecule has 18 heavy (non-hydrogen) atoms. The van der Waals surface area contributed by atoms with Crippen molar-refractivity contribution in [2.75, 3.05) is 13.7 Å². The number of carbonyl (C=O) groups is 2. The summed E-state index contributed by atoms with van der Waals surface area (Å²) in [5, 5.41) is 0. The molecule has 0 spiro atoms. The molecule has 4 nitrogen and oxygen atoms in total. The van der Waals surface area contributed by atoms with E-state index in [1.807, 2.05) is 0 Å². The van der Waals surface area contributed by atoms with Gasteiger partial charge in [-0.2, -0.15) is 0 Å². The Kier molecular flexibility index (Phi) is 4.61. The molecule has 1 aliphatic heterocycles. The molecule has 2 fully saturated rings. The highest BCUT2D eigenvalue weighted by Gasteiger charge is 2.37. The minimum Gasteiger partial charge on any atom is -0.467 e. The van der Waals surface area contributed by atoms with Gasteiger partial charge in [0.25, 0.3) is 0 Å². The van der Waals surface area contributed by atoms with Crippen molar-refractivity contribution in [2.24, 2.45) is 5.92 Å². The van der Waals surface area contributed by atoms with Gasteiger partial charge in [-0.1, -0.05) is 25.7 Å². The van der Waals surface area contributed by atoms with Gasteiger partial charge in [0.2, 0.25) is 5.91 Å². The van der Waals surface area contributed by atoms with Gasteiger partial charge < -0.3 is 9.64 Å². The van der Waals surface area contributed by atoms with E-state index >= 15 is 0 Å². The lowest BCUT2D eigenvalue weighted by Crippen LogP contribution is -2.44. The summed E-state index contributed by atoms with van der Waals surface area (Å²) in [6.45, 7) is 0.717. The van der Waals surface area contributed by atoms with Crippen molar-refractivity contribution in [3.63, 3.8) is 0 Å². The summed E-state index contributed by atoms with van der Waals surface area (Å²) < 4.78 is 4.79. The number of likely N-dealkylation sites (tertiary alicyclic amines) is 1. The van der Waals surface area contributed by atoms with Crippen LogP contribution in [0.25, 0.3) is 0 Å². The first-order valence-electron chi connectivity index (χ1n) is 7.12. The van der Waals surface area contributed by atoms with E-state index in [1.165, 1.54) is 20.0 Å².